The monoisotopic (exact) mass is 2020 g/mol. The molecule has 15 N–H and O–H groups in total. The predicted molar refractivity (Wildman–Crippen MR) is 542 cm³/mol. The molecular formula is C113H134O33. The number of hydrogen-bond acceptors (Lipinski definition) is 31. The summed E-state index contributed by atoms with van der Waals surface area (Å²) in [6, 6.07) is 67.8. The van der Waals surface area contributed by atoms with E-state index in [4.69, 9.17) is 72.9 Å². The molecular weight excluding hydrogens is 1890 g/mol. The Bertz CT molecular complexity index is 5950. The van der Waals surface area contributed by atoms with E-state index in [0.717, 1.165) is 74.3 Å². The van der Waals surface area contributed by atoms with Crippen molar-refractivity contribution < 1.29 is 162 Å². The lowest BCUT2D eigenvalue weighted by Gasteiger charge is -2.45. The molecule has 0 aliphatic heterocycles. The van der Waals surface area contributed by atoms with Crippen molar-refractivity contribution >= 4 is 46.6 Å². The van der Waals surface area contributed by atoms with Gasteiger partial charge >= 0.3 is 23.7 Å². The highest BCUT2D eigenvalue weighted by atomic mass is 16.8. The third-order valence-corrected chi connectivity index (χ3v) is 24.3. The Kier molecular flexibility index (Phi) is 46.1. The summed E-state index contributed by atoms with van der Waals surface area (Å²) in [5, 5.41) is 142. The third kappa shape index (κ3) is 29.9. The van der Waals surface area contributed by atoms with Gasteiger partial charge in [-0.2, -0.15) is 0 Å². The first kappa shape index (κ1) is 123. The molecule has 0 aromatic heterocycles. The van der Waals surface area contributed by atoms with E-state index in [9.17, 15) is 89.4 Å². The average Bonchev–Trinajstić information content (AvgIpc) is 0.721. The van der Waals surface area contributed by atoms with E-state index in [1.807, 2.05) is 125 Å². The number of ketones is 6. The second kappa shape index (κ2) is 54.7. The van der Waals surface area contributed by atoms with Crippen LogP contribution in [-0.2, 0) is 129 Å². The van der Waals surface area contributed by atoms with Crippen LogP contribution >= 0.6 is 0 Å². The lowest BCUT2D eigenvalue weighted by atomic mass is 9.87. The molecule has 0 fully saturated rings. The van der Waals surface area contributed by atoms with E-state index >= 15 is 0 Å². The van der Waals surface area contributed by atoms with Gasteiger partial charge in [-0.15, -0.1) is 0 Å². The van der Waals surface area contributed by atoms with Gasteiger partial charge in [-0.1, -0.05) is 299 Å². The standard InChI is InChI=1S/C24H30O13.2C23H26O6.2C21H24O4.CH4/c1-14(25)4-5-15-6-8-16(9-7-15)19(26)20(36-2,37-3)17-10-12-18(13-11-17)21(27,28)22(29,30)23(31,32)24(33,34)35;1-15-5-12-19(13-6-15)23(28-3,29-4)21(25)18-10-7-17(8-11-18)9-14-20(16(2)24)22(26)27;1-15-5-10-18(11-6-15)21(25)23(28-3,29-4)19-12-7-17(8-13-19)9-14-20(16(2)24)22(26)27;1-15-5-13-19(14-6-15)21(24-3,25-4)20(23)18-11-9-17(10-12-18)8-7-16(2)22;1-15-5-11-18(12-6-15)20(23)21(24-3,25-4)19-13-9-17(10-14-19)8-7-16(2)22;/h6-13,27-35H,4-5H2,1-3H3;2*5-8,10-13,20,24H,2,9,14H2,1,3-4H3,(H,26,27);2*5-6,9-14,22H,2,7-8H2,1,3-4H3;1H4. The Balaban J connectivity index is 0.000000323. The van der Waals surface area contributed by atoms with Gasteiger partial charge in [0, 0.05) is 152 Å². The Morgan fingerprint density at radius 3 is 0.630 bits per heavy atom. The molecule has 146 heavy (non-hydrogen) atoms. The molecule has 0 aliphatic rings. The van der Waals surface area contributed by atoms with Crippen molar-refractivity contribution in [2.45, 2.75) is 159 Å². The first-order valence-corrected chi connectivity index (χ1v) is 45.3. The van der Waals surface area contributed by atoms with Gasteiger partial charge < -0.3 is 129 Å². The molecule has 0 heterocycles. The molecule has 33 nitrogen and oxygen atoms in total. The summed E-state index contributed by atoms with van der Waals surface area (Å²) < 4.78 is 54.9. The zero-order chi connectivity index (χ0) is 109. The number of carbonyl (C=O) groups excluding carboxylic acids is 6. The van der Waals surface area contributed by atoms with Gasteiger partial charge in [0.25, 0.3) is 40.5 Å². The first-order valence-electron chi connectivity index (χ1n) is 45.3. The minimum Gasteiger partial charge on any atom is -0.513 e. The number of ether oxygens (including phenoxy) is 10. The van der Waals surface area contributed by atoms with Gasteiger partial charge in [0.1, 0.15) is 17.6 Å². The van der Waals surface area contributed by atoms with Crippen LogP contribution in [0.25, 0.3) is 0 Å². The summed E-state index contributed by atoms with van der Waals surface area (Å²) in [7, 11) is 13.8. The molecule has 10 aromatic rings. The topological polar surface area (TPSA) is 532 Å². The maximum Gasteiger partial charge on any atom is 0.338 e. The van der Waals surface area contributed by atoms with Crippen LogP contribution in [0.15, 0.2) is 292 Å². The first-order chi connectivity index (χ1) is 68.2. The number of carboxylic acids is 2. The highest BCUT2D eigenvalue weighted by molar-refractivity contribution is 6.05. The molecule has 0 saturated carbocycles. The Labute approximate surface area is 849 Å². The van der Waals surface area contributed by atoms with Crippen LogP contribution in [0, 0.1) is 39.5 Å². The lowest BCUT2D eigenvalue weighted by Crippen LogP contribution is -2.75. The Morgan fingerprint density at radius 2 is 0.438 bits per heavy atom. The number of allylic oxidation sites excluding steroid dienone is 2. The number of aliphatic hydroxyl groups is 13. The summed E-state index contributed by atoms with van der Waals surface area (Å²) in [6.07, 6.45) is 4.43. The van der Waals surface area contributed by atoms with E-state index in [0.29, 0.717) is 95.9 Å². The van der Waals surface area contributed by atoms with Crippen molar-refractivity contribution in [3.8, 4) is 0 Å². The molecule has 2 unspecified atom stereocenters. The van der Waals surface area contributed by atoms with Crippen LogP contribution in [0.4, 0.5) is 0 Å². The zero-order valence-corrected chi connectivity index (χ0v) is 83.7. The summed E-state index contributed by atoms with van der Waals surface area (Å²) in [5.41, 5.74) is 12.4. The quantitative estimate of drug-likeness (QED) is 0.00956. The van der Waals surface area contributed by atoms with Crippen molar-refractivity contribution in [1.82, 2.24) is 0 Å². The van der Waals surface area contributed by atoms with Gasteiger partial charge in [0.15, 0.2) is 0 Å². The van der Waals surface area contributed by atoms with Crippen LogP contribution in [0.3, 0.4) is 0 Å². The largest absolute Gasteiger partial charge is 0.513 e. The molecule has 10 rings (SSSR count). The molecule has 784 valence electrons. The normalized spacial score (nSPS) is 12.2. The maximum absolute atomic E-state index is 13.4. The molecule has 0 saturated heterocycles. The fourth-order valence-electron chi connectivity index (χ4n) is 15.3. The number of carboxylic acid groups (broad SMARTS) is 2. The number of aliphatic carboxylic acids is 2. The summed E-state index contributed by atoms with van der Waals surface area (Å²) in [5.74, 6) is -32.6. The van der Waals surface area contributed by atoms with Gasteiger partial charge in [0.05, 0.1) is 23.0 Å². The van der Waals surface area contributed by atoms with E-state index in [-0.39, 0.29) is 83.3 Å². The number of benzene rings is 10. The van der Waals surface area contributed by atoms with E-state index < -0.39 is 87.4 Å². The molecule has 0 aliphatic carbocycles. The Hall–Kier alpha value is -13.4. The average molecular weight is 2020 g/mol. The van der Waals surface area contributed by atoms with Crippen LogP contribution in [0.2, 0.25) is 0 Å². The van der Waals surface area contributed by atoms with E-state index in [1.54, 1.807) is 109 Å². The van der Waals surface area contributed by atoms with Crippen molar-refractivity contribution in [2.75, 3.05) is 71.1 Å². The van der Waals surface area contributed by atoms with Gasteiger partial charge in [-0.3, -0.25) is 33.6 Å². The highest BCUT2D eigenvalue weighted by Crippen LogP contribution is 2.43. The number of hydrogen-bond donors (Lipinski definition) is 15. The molecule has 0 radical (unpaired) electrons. The predicted octanol–water partition coefficient (Wildman–Crippen LogP) is 15.0. The number of methoxy groups -OCH3 is 10. The van der Waals surface area contributed by atoms with Crippen LogP contribution in [-0.4, -0.2) is 212 Å². The van der Waals surface area contributed by atoms with Crippen molar-refractivity contribution in [3.05, 3.63) is 403 Å². The van der Waals surface area contributed by atoms with E-state index in [1.165, 1.54) is 90.2 Å². The highest BCUT2D eigenvalue weighted by Gasteiger charge is 2.71. The summed E-state index contributed by atoms with van der Waals surface area (Å²) in [4.78, 5) is 99.3. The number of Topliss-reactive ketones (excluding diaryl/α,β-unsaturated/α-hetero) is 6. The minimum atomic E-state index is -4.68. The van der Waals surface area contributed by atoms with Gasteiger partial charge in [-0.25, -0.2) is 0 Å². The van der Waals surface area contributed by atoms with Crippen LogP contribution in [0.5, 0.6) is 0 Å². The summed E-state index contributed by atoms with van der Waals surface area (Å²) >= 11 is 0. The second-order valence-electron chi connectivity index (χ2n) is 34.1. The van der Waals surface area contributed by atoms with Gasteiger partial charge in [0.2, 0.25) is 28.9 Å². The lowest BCUT2D eigenvalue weighted by molar-refractivity contribution is -0.547. The third-order valence-electron chi connectivity index (χ3n) is 24.3. The van der Waals surface area contributed by atoms with Crippen molar-refractivity contribution in [3.63, 3.8) is 0 Å². The molecule has 0 spiro atoms. The number of carbonyl (C=O) groups is 8. The second-order valence-corrected chi connectivity index (χ2v) is 34.1. The zero-order valence-electron chi connectivity index (χ0n) is 83.7. The molecule has 2 atom stereocenters. The van der Waals surface area contributed by atoms with Crippen molar-refractivity contribution in [2.24, 2.45) is 11.8 Å². The fraction of sp³-hybridized carbons (Fsp3) is 0.327. The summed E-state index contributed by atoms with van der Waals surface area (Å²) in [6.45, 7) is 22.9. The fourth-order valence-corrected chi connectivity index (χ4v) is 15.3. The molecule has 0 amide bonds. The number of rotatable bonds is 48. The van der Waals surface area contributed by atoms with Crippen molar-refractivity contribution in [1.29, 1.82) is 0 Å². The Morgan fingerprint density at radius 1 is 0.260 bits per heavy atom. The minimum absolute atomic E-state index is 0. The smallest absolute Gasteiger partial charge is 0.338 e. The maximum atomic E-state index is 13.4. The SMILES string of the molecule is C.C=C(O)C(CCc1ccc(C(=O)C(OC)(OC)c2ccc(C)cc2)cc1)C(=O)O.C=C(O)C(CCc1ccc(C(OC)(OC)C(=O)c2ccc(C)cc2)cc1)C(=O)O.C=C(O)CCc1ccc(C(=O)C(OC)(OC)c2ccc(C)cc2)cc1.C=C(O)CCc1ccc(C(OC)(OC)C(=O)c2ccc(C)cc2)cc1.COC(OC)(C(=O)c1ccc(CCC(C)=O)cc1)c1ccc(C(O)(O)C(O)(O)C(O)(O)C(O)(O)O)cc1. The number of aryl methyl sites for hydroxylation is 9. The number of aliphatic hydroxyl groups excluding tert-OH is 4. The molecule has 33 heteroatoms. The van der Waals surface area contributed by atoms with Gasteiger partial charge in [-0.05, 0) is 107 Å². The molecule has 0 bridgehead atoms. The molecule has 10 aromatic carbocycles. The van der Waals surface area contributed by atoms with Crippen LogP contribution in [0.1, 0.15) is 182 Å². The van der Waals surface area contributed by atoms with E-state index in [2.05, 4.69) is 26.3 Å². The van der Waals surface area contributed by atoms with Crippen LogP contribution < -0.4 is 0 Å².